The number of rotatable bonds is 7. The van der Waals surface area contributed by atoms with Gasteiger partial charge in [0.15, 0.2) is 0 Å². The molecule has 3 heterocycles. The summed E-state index contributed by atoms with van der Waals surface area (Å²) in [5, 5.41) is 7.53. The fourth-order valence-corrected chi connectivity index (χ4v) is 11.1. The van der Waals surface area contributed by atoms with Crippen LogP contribution in [0.5, 0.6) is 0 Å². The second kappa shape index (κ2) is 15.8. The van der Waals surface area contributed by atoms with Crippen LogP contribution in [0.3, 0.4) is 0 Å². The minimum absolute atomic E-state index is 0.0150. The van der Waals surface area contributed by atoms with E-state index < -0.39 is 0 Å². The summed E-state index contributed by atoms with van der Waals surface area (Å²) in [7, 11) is 2.32. The second-order valence-electron chi connectivity index (χ2n) is 18.3. The highest BCUT2D eigenvalue weighted by Gasteiger charge is 2.46. The number of aliphatic imine (C=N–C) groups is 1. The van der Waals surface area contributed by atoms with Crippen LogP contribution in [0.15, 0.2) is 155 Å². The van der Waals surface area contributed by atoms with Gasteiger partial charge in [-0.05, 0) is 112 Å². The maximum atomic E-state index is 6.99. The minimum Gasteiger partial charge on any atom is -0.486 e. The largest absolute Gasteiger partial charge is 0.486 e. The molecule has 300 valence electrons. The number of nitrogens with zero attached hydrogens (tertiary/aromatic N) is 3. The summed E-state index contributed by atoms with van der Waals surface area (Å²) in [6.45, 7) is 5.84. The maximum absolute atomic E-state index is 6.99. The van der Waals surface area contributed by atoms with Gasteiger partial charge in [-0.2, -0.15) is 0 Å². The van der Waals surface area contributed by atoms with Crippen molar-refractivity contribution < 1.29 is 4.74 Å². The van der Waals surface area contributed by atoms with Gasteiger partial charge in [0.1, 0.15) is 18.0 Å². The fraction of sp³-hybridized carbons (Fsp3) is 0.442. The number of likely N-dealkylation sites (N-methyl/N-ethyl adjacent to an activating group) is 1. The molecule has 9 aliphatic rings. The first kappa shape index (κ1) is 37.6. The van der Waals surface area contributed by atoms with Crippen LogP contribution in [-0.2, 0) is 4.74 Å². The Morgan fingerprint density at radius 1 is 0.897 bits per heavy atom. The van der Waals surface area contributed by atoms with E-state index in [1.165, 1.54) is 58.6 Å². The van der Waals surface area contributed by atoms with Crippen LogP contribution < -0.4 is 10.6 Å². The highest BCUT2D eigenvalue weighted by molar-refractivity contribution is 6.02. The van der Waals surface area contributed by atoms with E-state index in [9.17, 15) is 0 Å². The topological polar surface area (TPSA) is 52.1 Å². The van der Waals surface area contributed by atoms with Gasteiger partial charge in [0, 0.05) is 36.9 Å². The van der Waals surface area contributed by atoms with Gasteiger partial charge in [0.05, 0.1) is 28.8 Å². The zero-order chi connectivity index (χ0) is 39.2. The molecule has 0 aromatic heterocycles. The average molecular weight is 772 g/mol. The normalized spacial score (nSPS) is 36.7. The van der Waals surface area contributed by atoms with Crippen LogP contribution in [0.1, 0.15) is 88.9 Å². The summed E-state index contributed by atoms with van der Waals surface area (Å²) in [4.78, 5) is 10.3. The number of fused-ring (bicyclic) bond motifs is 3. The second-order valence-corrected chi connectivity index (χ2v) is 18.3. The monoisotopic (exact) mass is 771 g/mol. The highest BCUT2D eigenvalue weighted by Crippen LogP contribution is 2.42. The zero-order valence-corrected chi connectivity index (χ0v) is 34.6. The third kappa shape index (κ3) is 7.21. The maximum Gasteiger partial charge on any atom is 0.145 e. The SMILES string of the molecule is CC1CC=CC2CNC(C)(C3=CCC(C=CC4C=CC5=C(C4)OC4C=C(/C=C/c6ccc(C7N=C8CCCC=C8N7)cc6)C=CC4N5C4CC=CCC4)C=C3)N(C)C12. The molecule has 10 atom stereocenters. The Morgan fingerprint density at radius 2 is 1.78 bits per heavy atom. The first-order valence-corrected chi connectivity index (χ1v) is 22.3. The van der Waals surface area contributed by atoms with Crippen molar-refractivity contribution in [2.24, 2.45) is 28.7 Å². The Labute approximate surface area is 346 Å². The molecule has 3 aliphatic heterocycles. The molecule has 0 bridgehead atoms. The van der Waals surface area contributed by atoms with Crippen molar-refractivity contribution in [1.29, 1.82) is 0 Å². The lowest BCUT2D eigenvalue weighted by Gasteiger charge is -2.55. The van der Waals surface area contributed by atoms with Gasteiger partial charge in [0.25, 0.3) is 0 Å². The molecule has 0 radical (unpaired) electrons. The first-order valence-electron chi connectivity index (χ1n) is 22.3. The molecule has 1 saturated heterocycles. The molecule has 1 aromatic carbocycles. The molecule has 58 heavy (non-hydrogen) atoms. The molecule has 1 aromatic rings. The molecular formula is C52H61N5O. The Morgan fingerprint density at radius 3 is 2.60 bits per heavy atom. The van der Waals surface area contributed by atoms with Gasteiger partial charge in [-0.3, -0.25) is 15.2 Å². The predicted molar refractivity (Wildman–Crippen MR) is 238 cm³/mol. The smallest absolute Gasteiger partial charge is 0.145 e. The molecule has 0 spiro atoms. The standard InChI is InChI=1S/C52H61N5O/c1-35-10-9-11-41-34-53-52(2,56(3)50(35)41)42-28-22-37(23-29-42)17-19-39-25-31-47-49(33-39)58-48-32-38(24-30-46(48)57(47)43-12-5-4-6-13-43)18-16-36-20-26-40(27-21-36)51-54-44-14-7-8-15-45(44)55-51/h4-5,9,11,14,16-22,24-32,35,37,39,41,43,46,48,50-51,53-54H,6-8,10,12-13,15,23,33-34H2,1-3H3/b18-16+,19-17?. The molecule has 6 nitrogen and oxygen atoms in total. The third-order valence-corrected chi connectivity index (χ3v) is 14.5. The molecule has 2 N–H and O–H groups in total. The number of nitrogens with one attached hydrogen (secondary N) is 2. The van der Waals surface area contributed by atoms with Gasteiger partial charge in [-0.1, -0.05) is 122 Å². The Hall–Kier alpha value is -4.65. The van der Waals surface area contributed by atoms with Crippen LogP contribution >= 0.6 is 0 Å². The van der Waals surface area contributed by atoms with Crippen LogP contribution in [0.25, 0.3) is 6.08 Å². The number of hydrogen-bond donors (Lipinski definition) is 2. The van der Waals surface area contributed by atoms with E-state index in [0.29, 0.717) is 35.8 Å². The van der Waals surface area contributed by atoms with Crippen molar-refractivity contribution in [1.82, 2.24) is 20.4 Å². The predicted octanol–water partition coefficient (Wildman–Crippen LogP) is 10.2. The molecular weight excluding hydrogens is 711 g/mol. The van der Waals surface area contributed by atoms with Crippen LogP contribution in [0.2, 0.25) is 0 Å². The first-order chi connectivity index (χ1) is 28.4. The van der Waals surface area contributed by atoms with E-state index in [1.807, 2.05) is 0 Å². The van der Waals surface area contributed by atoms with E-state index in [1.54, 1.807) is 0 Å². The number of benzene rings is 1. The molecule has 10 unspecified atom stereocenters. The minimum atomic E-state index is -0.138. The summed E-state index contributed by atoms with van der Waals surface area (Å²) in [5.74, 6) is 3.13. The van der Waals surface area contributed by atoms with Crippen LogP contribution in [-0.4, -0.2) is 59.0 Å². The molecule has 0 saturated carbocycles. The summed E-state index contributed by atoms with van der Waals surface area (Å²) in [5.41, 5.74) is 8.63. The van der Waals surface area contributed by atoms with E-state index in [4.69, 9.17) is 9.73 Å². The average Bonchev–Trinajstić information content (AvgIpc) is 3.71. The number of hydrogen-bond acceptors (Lipinski definition) is 6. The molecule has 10 rings (SSSR count). The van der Waals surface area contributed by atoms with E-state index in [-0.39, 0.29) is 24.0 Å². The van der Waals surface area contributed by atoms with Crippen molar-refractivity contribution in [2.75, 3.05) is 13.6 Å². The number of allylic oxidation sites excluding steroid dienone is 14. The van der Waals surface area contributed by atoms with Gasteiger partial charge < -0.3 is 15.0 Å². The van der Waals surface area contributed by atoms with Crippen molar-refractivity contribution in [3.63, 3.8) is 0 Å². The van der Waals surface area contributed by atoms with Gasteiger partial charge in [0.2, 0.25) is 0 Å². The lowest BCUT2D eigenvalue weighted by atomic mass is 9.76. The van der Waals surface area contributed by atoms with E-state index in [2.05, 4.69) is 169 Å². The fourth-order valence-electron chi connectivity index (χ4n) is 11.1. The molecule has 6 heteroatoms. The van der Waals surface area contributed by atoms with E-state index in [0.717, 1.165) is 50.8 Å². The van der Waals surface area contributed by atoms with Crippen LogP contribution in [0, 0.1) is 23.7 Å². The Kier molecular flexibility index (Phi) is 10.3. The van der Waals surface area contributed by atoms with Gasteiger partial charge in [-0.15, -0.1) is 0 Å². The van der Waals surface area contributed by atoms with Crippen LogP contribution in [0.4, 0.5) is 0 Å². The lowest BCUT2D eigenvalue weighted by molar-refractivity contribution is -0.00450. The summed E-state index contributed by atoms with van der Waals surface area (Å²) >= 11 is 0. The Balaban J connectivity index is 0.804. The zero-order valence-electron chi connectivity index (χ0n) is 34.6. The summed E-state index contributed by atoms with van der Waals surface area (Å²) in [6.07, 6.45) is 50.3. The van der Waals surface area contributed by atoms with Gasteiger partial charge in [-0.25, -0.2) is 0 Å². The Bertz CT molecular complexity index is 2140. The number of ether oxygens (including phenoxy) is 1. The lowest BCUT2D eigenvalue weighted by Crippen LogP contribution is -2.68. The summed E-state index contributed by atoms with van der Waals surface area (Å²) in [6, 6.07) is 10.1. The van der Waals surface area contributed by atoms with Crippen molar-refractivity contribution in [2.45, 2.75) is 108 Å². The van der Waals surface area contributed by atoms with Crippen molar-refractivity contribution in [3.05, 3.63) is 161 Å². The van der Waals surface area contributed by atoms with Crippen molar-refractivity contribution in [3.8, 4) is 0 Å². The van der Waals surface area contributed by atoms with Crippen molar-refractivity contribution >= 4 is 11.8 Å². The highest BCUT2D eigenvalue weighted by atomic mass is 16.5. The quantitative estimate of drug-likeness (QED) is 0.271. The molecule has 6 aliphatic carbocycles. The van der Waals surface area contributed by atoms with Gasteiger partial charge >= 0.3 is 0 Å². The summed E-state index contributed by atoms with van der Waals surface area (Å²) < 4.78 is 6.99. The molecule has 1 fully saturated rings. The van der Waals surface area contributed by atoms with E-state index >= 15 is 0 Å². The molecule has 0 amide bonds. The third-order valence-electron chi connectivity index (χ3n) is 14.5.